The van der Waals surface area contributed by atoms with Gasteiger partial charge >= 0.3 is 0 Å². The van der Waals surface area contributed by atoms with Crippen LogP contribution in [0.2, 0.25) is 0 Å². The molecule has 52 heavy (non-hydrogen) atoms. The van der Waals surface area contributed by atoms with E-state index in [0.717, 1.165) is 6.42 Å². The summed E-state index contributed by atoms with van der Waals surface area (Å²) < 4.78 is 0. The highest BCUT2D eigenvalue weighted by Gasteiger charge is 2.53. The van der Waals surface area contributed by atoms with E-state index in [2.05, 4.69) is 137 Å². The largest absolute Gasteiger partial charge is 0.311 e. The molecule has 0 spiro atoms. The van der Waals surface area contributed by atoms with Gasteiger partial charge in [0.1, 0.15) is 0 Å². The van der Waals surface area contributed by atoms with Crippen molar-refractivity contribution in [2.75, 3.05) is 9.80 Å². The van der Waals surface area contributed by atoms with Gasteiger partial charge in [-0.2, -0.15) is 0 Å². The van der Waals surface area contributed by atoms with E-state index in [0.29, 0.717) is 11.3 Å². The molecule has 0 saturated heterocycles. The summed E-state index contributed by atoms with van der Waals surface area (Å²) in [4.78, 5) is 5.48. The van der Waals surface area contributed by atoms with Crippen molar-refractivity contribution in [1.82, 2.24) is 0 Å². The van der Waals surface area contributed by atoms with Crippen molar-refractivity contribution in [3.63, 3.8) is 0 Å². The molecule has 1 saturated carbocycles. The average Bonchev–Trinajstić information content (AvgIpc) is 3.37. The molecule has 3 heteroatoms. The highest BCUT2D eigenvalue weighted by Crippen LogP contribution is 2.60. The predicted octanol–water partition coefficient (Wildman–Crippen LogP) is 11.4. The number of allylic oxidation sites excluding steroid dienone is 3. The molecule has 2 aliphatic heterocycles. The van der Waals surface area contributed by atoms with Crippen LogP contribution in [0.3, 0.4) is 0 Å². The fourth-order valence-corrected chi connectivity index (χ4v) is 11.7. The molecule has 264 valence electrons. The maximum absolute atomic E-state index is 2.80. The molecule has 2 unspecified atom stereocenters. The lowest BCUT2D eigenvalue weighted by molar-refractivity contribution is 0.320. The van der Waals surface area contributed by atoms with Gasteiger partial charge in [0.05, 0.1) is 0 Å². The number of nitrogens with zero attached hydrogens (tertiary/aromatic N) is 2. The summed E-state index contributed by atoms with van der Waals surface area (Å²) in [7, 11) is 0. The molecule has 2 heterocycles. The Labute approximate surface area is 313 Å². The van der Waals surface area contributed by atoms with Gasteiger partial charge in [0.2, 0.25) is 0 Å². The van der Waals surface area contributed by atoms with E-state index in [9.17, 15) is 0 Å². The Bertz CT molecular complexity index is 2230. The monoisotopic (exact) mass is 682 g/mol. The molecule has 10 rings (SSSR count). The standard InChI is InChI=1S/C49H55BN2/c1-31-15-8-13-21-39(31)51-42-26-34(47(2,3)4)27-43-46(42)50(38-25-35-28-48(5,6)30-49(35,7)29-44(38)51)45-37-20-12-10-17-33(37)23-24-41(45)52(43)40-22-14-18-32-16-9-11-19-36(32)40/h8,13-15,18,21-27,29,35H,9-12,16-17,19-20,28,30H2,1-7H3. The zero-order valence-electron chi connectivity index (χ0n) is 32.6. The van der Waals surface area contributed by atoms with Crippen molar-refractivity contribution in [3.8, 4) is 0 Å². The Morgan fingerprint density at radius 3 is 2.10 bits per heavy atom. The molecular weight excluding hydrogens is 627 g/mol. The average molecular weight is 683 g/mol. The van der Waals surface area contributed by atoms with Gasteiger partial charge in [-0.15, -0.1) is 0 Å². The summed E-state index contributed by atoms with van der Waals surface area (Å²) in [5.74, 6) is 0.543. The Morgan fingerprint density at radius 1 is 0.673 bits per heavy atom. The zero-order chi connectivity index (χ0) is 35.7. The van der Waals surface area contributed by atoms with Gasteiger partial charge in [-0.25, -0.2) is 0 Å². The maximum atomic E-state index is 2.80. The van der Waals surface area contributed by atoms with E-state index < -0.39 is 0 Å². The molecule has 4 aliphatic carbocycles. The van der Waals surface area contributed by atoms with Gasteiger partial charge in [0, 0.05) is 34.1 Å². The van der Waals surface area contributed by atoms with E-state index in [-0.39, 0.29) is 17.5 Å². The van der Waals surface area contributed by atoms with Crippen LogP contribution < -0.4 is 20.7 Å². The van der Waals surface area contributed by atoms with Crippen molar-refractivity contribution >= 4 is 46.1 Å². The van der Waals surface area contributed by atoms with Gasteiger partial charge in [-0.1, -0.05) is 90.1 Å². The molecule has 2 nitrogen and oxygen atoms in total. The van der Waals surface area contributed by atoms with Crippen molar-refractivity contribution in [1.29, 1.82) is 0 Å². The lowest BCUT2D eigenvalue weighted by Crippen LogP contribution is -2.59. The minimum atomic E-state index is -0.0139. The Kier molecular flexibility index (Phi) is 7.08. The minimum Gasteiger partial charge on any atom is -0.311 e. The Balaban J connectivity index is 1.36. The number of rotatable bonds is 2. The van der Waals surface area contributed by atoms with E-state index in [1.165, 1.54) is 109 Å². The van der Waals surface area contributed by atoms with Crippen LogP contribution in [0.25, 0.3) is 0 Å². The smallest absolute Gasteiger partial charge is 0.252 e. The molecule has 1 fully saturated rings. The third-order valence-corrected chi connectivity index (χ3v) is 14.0. The van der Waals surface area contributed by atoms with Crippen molar-refractivity contribution < 1.29 is 0 Å². The first-order valence-electron chi connectivity index (χ1n) is 20.5. The number of anilines is 5. The SMILES string of the molecule is Cc1ccccc1N1C2=CC3(C)CC(C)(C)CC3C=C2B2c3c1cc(C(C)(C)C)cc3N(c1cccc3c1CCCC3)c1ccc3c(c12)CCCC3. The highest BCUT2D eigenvalue weighted by molar-refractivity contribution is 6.96. The summed E-state index contributed by atoms with van der Waals surface area (Å²) in [6.45, 7) is 17.3. The van der Waals surface area contributed by atoms with Crippen LogP contribution in [0.1, 0.15) is 113 Å². The second kappa shape index (κ2) is 11.3. The first-order valence-corrected chi connectivity index (χ1v) is 20.5. The van der Waals surface area contributed by atoms with Gasteiger partial charge in [0.25, 0.3) is 6.71 Å². The Morgan fingerprint density at radius 2 is 1.35 bits per heavy atom. The quantitative estimate of drug-likeness (QED) is 0.194. The van der Waals surface area contributed by atoms with E-state index in [1.54, 1.807) is 33.2 Å². The number of para-hydroxylation sites is 1. The summed E-state index contributed by atoms with van der Waals surface area (Å²) in [5, 5.41) is 0. The number of hydrogen-bond acceptors (Lipinski definition) is 2. The third kappa shape index (κ3) is 4.76. The van der Waals surface area contributed by atoms with E-state index >= 15 is 0 Å². The van der Waals surface area contributed by atoms with Crippen LogP contribution in [0.4, 0.5) is 28.4 Å². The van der Waals surface area contributed by atoms with Crippen LogP contribution in [-0.2, 0) is 31.1 Å². The minimum absolute atomic E-state index is 0.0139. The Hall–Kier alpha value is -3.98. The van der Waals surface area contributed by atoms with Crippen molar-refractivity contribution in [3.05, 3.63) is 123 Å². The number of hydrogen-bond donors (Lipinski definition) is 0. The predicted molar refractivity (Wildman–Crippen MR) is 222 cm³/mol. The molecule has 0 amide bonds. The fourth-order valence-electron chi connectivity index (χ4n) is 11.7. The highest BCUT2D eigenvalue weighted by atomic mass is 15.2. The van der Waals surface area contributed by atoms with Gasteiger partial charge in [-0.05, 0) is 173 Å². The number of aryl methyl sites for hydroxylation is 3. The first kappa shape index (κ1) is 32.7. The van der Waals surface area contributed by atoms with Crippen LogP contribution in [-0.4, -0.2) is 6.71 Å². The topological polar surface area (TPSA) is 6.48 Å². The molecule has 2 atom stereocenters. The van der Waals surface area contributed by atoms with Gasteiger partial charge < -0.3 is 9.80 Å². The molecule has 0 radical (unpaired) electrons. The molecular formula is C49H55BN2. The molecule has 6 aliphatic rings. The van der Waals surface area contributed by atoms with Crippen LogP contribution in [0.15, 0.2) is 90.1 Å². The number of fused-ring (bicyclic) bond motifs is 8. The van der Waals surface area contributed by atoms with Crippen LogP contribution in [0.5, 0.6) is 0 Å². The second-order valence-corrected chi connectivity index (χ2v) is 19.3. The summed E-state index contributed by atoms with van der Waals surface area (Å²) in [6.07, 6.45) is 17.9. The van der Waals surface area contributed by atoms with Gasteiger partial charge in [-0.3, -0.25) is 0 Å². The van der Waals surface area contributed by atoms with E-state index in [4.69, 9.17) is 0 Å². The first-order chi connectivity index (χ1) is 24.9. The fraction of sp³-hybridized carbons (Fsp3) is 0.429. The lowest BCUT2D eigenvalue weighted by Gasteiger charge is -2.50. The van der Waals surface area contributed by atoms with E-state index in [1.807, 2.05) is 0 Å². The summed E-state index contributed by atoms with van der Waals surface area (Å²) in [5.41, 5.74) is 22.6. The summed E-state index contributed by atoms with van der Waals surface area (Å²) in [6, 6.07) is 26.6. The summed E-state index contributed by atoms with van der Waals surface area (Å²) >= 11 is 0. The molecule has 4 aromatic rings. The van der Waals surface area contributed by atoms with Gasteiger partial charge in [0.15, 0.2) is 0 Å². The molecule has 4 aromatic carbocycles. The number of benzene rings is 4. The second-order valence-electron chi connectivity index (χ2n) is 19.3. The lowest BCUT2D eigenvalue weighted by atomic mass is 9.30. The molecule has 0 aromatic heterocycles. The van der Waals surface area contributed by atoms with Crippen molar-refractivity contribution in [2.24, 2.45) is 16.7 Å². The van der Waals surface area contributed by atoms with Crippen LogP contribution in [0, 0.1) is 23.7 Å². The normalized spacial score (nSPS) is 23.8. The van der Waals surface area contributed by atoms with Crippen molar-refractivity contribution in [2.45, 2.75) is 118 Å². The van der Waals surface area contributed by atoms with Crippen LogP contribution >= 0.6 is 0 Å². The molecule has 0 N–H and O–H groups in total. The maximum Gasteiger partial charge on any atom is 0.252 e. The zero-order valence-corrected chi connectivity index (χ0v) is 32.6. The molecule has 0 bridgehead atoms. The third-order valence-electron chi connectivity index (χ3n) is 14.0.